The Morgan fingerprint density at radius 2 is 1.66 bits per heavy atom. The molecule has 1 fully saturated rings. The Morgan fingerprint density at radius 1 is 1.00 bits per heavy atom. The highest BCUT2D eigenvalue weighted by atomic mass is 16.7. The Morgan fingerprint density at radius 3 is 2.22 bits per heavy atom. The summed E-state index contributed by atoms with van der Waals surface area (Å²) in [6, 6.07) is 3.94. The molecule has 1 saturated heterocycles. The number of nitrogens with zero attached hydrogens (tertiary/aromatic N) is 2. The zero-order valence-electron chi connectivity index (χ0n) is 18.5. The van der Waals surface area contributed by atoms with Gasteiger partial charge in [0.15, 0.2) is 17.7 Å². The third-order valence-electron chi connectivity index (χ3n) is 5.80. The minimum Gasteiger partial charge on any atom is -0.465 e. The molecule has 0 radical (unpaired) electrons. The van der Waals surface area contributed by atoms with Crippen LogP contribution in [0.5, 0.6) is 0 Å². The minimum absolute atomic E-state index is 0.0265. The molecule has 10 heteroatoms. The largest absolute Gasteiger partial charge is 0.465 e. The summed E-state index contributed by atoms with van der Waals surface area (Å²) in [5.74, 6) is -3.51. The van der Waals surface area contributed by atoms with Crippen LogP contribution in [0.2, 0.25) is 0 Å². The van der Waals surface area contributed by atoms with Crippen LogP contribution in [0.15, 0.2) is 23.5 Å². The van der Waals surface area contributed by atoms with Gasteiger partial charge in [-0.25, -0.2) is 4.79 Å². The fraction of sp³-hybridized carbons (Fsp3) is 0.636. The van der Waals surface area contributed by atoms with Gasteiger partial charge in [-0.2, -0.15) is 10.5 Å². The maximum Gasteiger partial charge on any atom is 0.334 e. The molecule has 0 unspecified atom stereocenters. The number of nitriles is 2. The van der Waals surface area contributed by atoms with Crippen LogP contribution in [-0.4, -0.2) is 56.5 Å². The summed E-state index contributed by atoms with van der Waals surface area (Å²) in [7, 11) is 0. The molecule has 0 N–H and O–H groups in total. The molecular weight excluding hydrogens is 420 g/mol. The van der Waals surface area contributed by atoms with Crippen molar-refractivity contribution in [2.24, 2.45) is 17.3 Å². The number of rotatable bonds is 8. The van der Waals surface area contributed by atoms with Gasteiger partial charge in [0.05, 0.1) is 25.0 Å². The second kappa shape index (κ2) is 9.29. The van der Waals surface area contributed by atoms with Crippen LogP contribution in [0.1, 0.15) is 27.7 Å². The van der Waals surface area contributed by atoms with Gasteiger partial charge in [-0.15, -0.1) is 0 Å². The maximum atomic E-state index is 13.5. The maximum absolute atomic E-state index is 13.5. The van der Waals surface area contributed by atoms with E-state index in [9.17, 15) is 20.1 Å². The number of fused-ring (bicyclic) bond motifs is 1. The average Bonchev–Trinajstić information content (AvgIpc) is 2.79. The fourth-order valence-corrected chi connectivity index (χ4v) is 4.71. The molecule has 0 aromatic carbocycles. The van der Waals surface area contributed by atoms with Crippen LogP contribution in [0, 0.1) is 39.9 Å². The predicted octanol–water partition coefficient (Wildman–Crippen LogP) is 1.73. The van der Waals surface area contributed by atoms with Crippen molar-refractivity contribution in [3.05, 3.63) is 23.5 Å². The molecule has 6 atom stereocenters. The van der Waals surface area contributed by atoms with Gasteiger partial charge in [0.1, 0.15) is 17.6 Å². The standard InChI is InChI=1S/C22H26N2O8/c1-5-27-17(25)14-10-21(12-24)22(20(26)30-8-4)9-13(11-23)31-19(29-7-3)16(22)15(14)18(32-21)28-6-2/h9-10,15-16,18-19H,5-8H2,1-4H3/t15-,16+,18+,19+,21+,22-/m1/s1. The normalized spacial score (nSPS) is 34.7. The third-order valence-corrected chi connectivity index (χ3v) is 5.80. The monoisotopic (exact) mass is 446 g/mol. The van der Waals surface area contributed by atoms with Gasteiger partial charge < -0.3 is 28.4 Å². The lowest BCUT2D eigenvalue weighted by Gasteiger charge is -2.60. The van der Waals surface area contributed by atoms with E-state index in [1.54, 1.807) is 27.7 Å². The van der Waals surface area contributed by atoms with Gasteiger partial charge >= 0.3 is 11.9 Å². The highest BCUT2D eigenvalue weighted by Gasteiger charge is 2.76. The smallest absolute Gasteiger partial charge is 0.334 e. The van der Waals surface area contributed by atoms with E-state index < -0.39 is 47.4 Å². The molecule has 3 heterocycles. The van der Waals surface area contributed by atoms with Crippen molar-refractivity contribution in [3.63, 3.8) is 0 Å². The molecule has 0 aromatic heterocycles. The van der Waals surface area contributed by atoms with E-state index in [1.807, 2.05) is 6.07 Å². The molecule has 0 saturated carbocycles. The first-order chi connectivity index (χ1) is 15.4. The van der Waals surface area contributed by atoms with Crippen LogP contribution in [-0.2, 0) is 38.0 Å². The van der Waals surface area contributed by atoms with Crippen LogP contribution in [0.25, 0.3) is 0 Å². The number of hydrogen-bond acceptors (Lipinski definition) is 10. The molecule has 172 valence electrons. The lowest BCUT2D eigenvalue weighted by molar-refractivity contribution is -0.321. The first-order valence-corrected chi connectivity index (χ1v) is 10.6. The lowest BCUT2D eigenvalue weighted by atomic mass is 9.51. The summed E-state index contributed by atoms with van der Waals surface area (Å²) in [4.78, 5) is 26.4. The average molecular weight is 446 g/mol. The van der Waals surface area contributed by atoms with Crippen LogP contribution in [0.3, 0.4) is 0 Å². The topological polar surface area (TPSA) is 137 Å². The van der Waals surface area contributed by atoms with Crippen molar-refractivity contribution >= 4 is 11.9 Å². The summed E-state index contributed by atoms with van der Waals surface area (Å²) in [6.45, 7) is 7.29. The van der Waals surface area contributed by atoms with E-state index >= 15 is 0 Å². The van der Waals surface area contributed by atoms with Crippen LogP contribution < -0.4 is 0 Å². The van der Waals surface area contributed by atoms with E-state index in [0.717, 1.165) is 0 Å². The molecule has 32 heavy (non-hydrogen) atoms. The van der Waals surface area contributed by atoms with E-state index in [4.69, 9.17) is 28.4 Å². The third kappa shape index (κ3) is 3.36. The van der Waals surface area contributed by atoms with Gasteiger partial charge in [-0.05, 0) is 39.8 Å². The lowest BCUT2D eigenvalue weighted by Crippen LogP contribution is -2.72. The Labute approximate surface area is 186 Å². The van der Waals surface area contributed by atoms with Crippen molar-refractivity contribution in [1.82, 2.24) is 0 Å². The molecule has 2 bridgehead atoms. The van der Waals surface area contributed by atoms with E-state index in [1.165, 1.54) is 12.2 Å². The van der Waals surface area contributed by atoms with Gasteiger partial charge in [0.25, 0.3) is 0 Å². The first-order valence-electron chi connectivity index (χ1n) is 10.6. The summed E-state index contributed by atoms with van der Waals surface area (Å²) >= 11 is 0. The van der Waals surface area contributed by atoms with Crippen molar-refractivity contribution in [2.45, 2.75) is 45.9 Å². The highest BCUT2D eigenvalue weighted by Crippen LogP contribution is 2.62. The van der Waals surface area contributed by atoms with Gasteiger partial charge in [-0.3, -0.25) is 4.79 Å². The Hall–Kier alpha value is -2.92. The molecule has 0 amide bonds. The zero-order chi connectivity index (χ0) is 23.5. The molecular formula is C22H26N2O8. The zero-order valence-corrected chi connectivity index (χ0v) is 18.5. The number of esters is 2. The van der Waals surface area contributed by atoms with Crippen molar-refractivity contribution < 1.29 is 38.0 Å². The summed E-state index contributed by atoms with van der Waals surface area (Å²) in [5.41, 5.74) is -3.71. The van der Waals surface area contributed by atoms with E-state index in [-0.39, 0.29) is 37.8 Å². The number of allylic oxidation sites excluding steroid dienone is 1. The Kier molecular flexibility index (Phi) is 6.89. The summed E-state index contributed by atoms with van der Waals surface area (Å²) in [5, 5.41) is 19.9. The number of carbonyl (C=O) groups excluding carboxylic acids is 2. The number of ether oxygens (including phenoxy) is 6. The molecule has 10 nitrogen and oxygen atoms in total. The fourth-order valence-electron chi connectivity index (χ4n) is 4.71. The SMILES string of the molecule is CCOC(=O)C1=C[C@@]2(C#N)O[C@H](OCC)[C@H]1[C@H]1[C@@H](OCC)OC(C#N)=C[C@]12C(=O)OCC. The molecule has 1 aliphatic carbocycles. The van der Waals surface area contributed by atoms with E-state index in [0.29, 0.717) is 0 Å². The van der Waals surface area contributed by atoms with Crippen LogP contribution >= 0.6 is 0 Å². The highest BCUT2D eigenvalue weighted by molar-refractivity contribution is 5.93. The van der Waals surface area contributed by atoms with Crippen LogP contribution in [0.4, 0.5) is 0 Å². The summed E-state index contributed by atoms with van der Waals surface area (Å²) in [6.07, 6.45) is 0.340. The predicted molar refractivity (Wildman–Crippen MR) is 106 cm³/mol. The summed E-state index contributed by atoms with van der Waals surface area (Å²) < 4.78 is 33.9. The molecule has 4 aliphatic rings. The molecule has 3 aliphatic heterocycles. The second-order valence-corrected chi connectivity index (χ2v) is 7.31. The second-order valence-electron chi connectivity index (χ2n) is 7.31. The van der Waals surface area contributed by atoms with E-state index in [2.05, 4.69) is 6.07 Å². The van der Waals surface area contributed by atoms with Crippen molar-refractivity contribution in [2.75, 3.05) is 26.4 Å². The minimum atomic E-state index is -2.03. The quantitative estimate of drug-likeness (QED) is 0.507. The van der Waals surface area contributed by atoms with Gasteiger partial charge in [-0.1, -0.05) is 0 Å². The van der Waals surface area contributed by atoms with Crippen molar-refractivity contribution in [1.29, 1.82) is 10.5 Å². The van der Waals surface area contributed by atoms with Gasteiger partial charge in [0, 0.05) is 18.8 Å². The Bertz CT molecular complexity index is 916. The molecule has 0 spiro atoms. The molecule has 0 aromatic rings. The van der Waals surface area contributed by atoms with Crippen molar-refractivity contribution in [3.8, 4) is 12.1 Å². The first kappa shape index (κ1) is 23.7. The molecule has 4 rings (SSSR count). The Balaban J connectivity index is 2.36. The number of hydrogen-bond donors (Lipinski definition) is 0. The number of carbonyl (C=O) groups is 2. The van der Waals surface area contributed by atoms with Gasteiger partial charge in [0.2, 0.25) is 6.29 Å².